The van der Waals surface area contributed by atoms with Crippen LogP contribution in [0.2, 0.25) is 5.02 Å². The van der Waals surface area contributed by atoms with Gasteiger partial charge in [0.1, 0.15) is 0 Å². The lowest BCUT2D eigenvalue weighted by molar-refractivity contribution is 0.521. The van der Waals surface area contributed by atoms with Crippen molar-refractivity contribution in [1.29, 1.82) is 0 Å². The van der Waals surface area contributed by atoms with E-state index >= 15 is 0 Å². The zero-order valence-electron chi connectivity index (χ0n) is 10.4. The largest absolute Gasteiger partial charge is 0.365 e. The van der Waals surface area contributed by atoms with Crippen LogP contribution in [-0.4, -0.2) is 11.0 Å². The Hall–Kier alpha value is -0.830. The van der Waals surface area contributed by atoms with Crippen molar-refractivity contribution in [2.24, 2.45) is 0 Å². The quantitative estimate of drug-likeness (QED) is 0.851. The summed E-state index contributed by atoms with van der Waals surface area (Å²) in [5, 5.41) is 3.34. The summed E-state index contributed by atoms with van der Waals surface area (Å²) in [6.07, 6.45) is 1.50. The average molecular weight is 245 g/mol. The fourth-order valence-electron chi connectivity index (χ4n) is 1.53. The smallest absolute Gasteiger partial charge is 0.170 e. The molecule has 0 saturated heterocycles. The normalized spacial score (nSPS) is 12.0. The maximum atomic E-state index is 14.2. The zero-order chi connectivity index (χ0) is 12.5. The highest BCUT2D eigenvalue weighted by atomic mass is 35.5. The molecule has 0 aliphatic carbocycles. The Bertz CT molecular complexity index is 383. The molecule has 0 radical (unpaired) electrons. The zero-order valence-corrected chi connectivity index (χ0v) is 11.1. The van der Waals surface area contributed by atoms with E-state index in [1.165, 1.54) is 6.20 Å². The number of pyridine rings is 1. The van der Waals surface area contributed by atoms with Crippen LogP contribution in [0.25, 0.3) is 0 Å². The lowest BCUT2D eigenvalue weighted by Crippen LogP contribution is -2.19. The third-order valence-corrected chi connectivity index (χ3v) is 2.44. The molecule has 0 aliphatic heterocycles. The van der Waals surface area contributed by atoms with Crippen LogP contribution in [0.15, 0.2) is 6.20 Å². The molecule has 1 N–H and O–H groups in total. The predicted octanol–water partition coefficient (Wildman–Crippen LogP) is 3.99. The topological polar surface area (TPSA) is 24.9 Å². The Morgan fingerprint density at radius 1 is 1.38 bits per heavy atom. The van der Waals surface area contributed by atoms with Crippen LogP contribution in [-0.2, 0) is 5.41 Å². The first kappa shape index (κ1) is 13.2. The molecule has 1 heterocycles. The van der Waals surface area contributed by atoms with Crippen molar-refractivity contribution >= 4 is 17.4 Å². The maximum absolute atomic E-state index is 14.2. The Kier molecular flexibility index (Phi) is 3.79. The van der Waals surface area contributed by atoms with E-state index in [9.17, 15) is 4.39 Å². The molecule has 0 spiro atoms. The van der Waals surface area contributed by atoms with Gasteiger partial charge in [-0.25, -0.2) is 9.37 Å². The van der Waals surface area contributed by atoms with Gasteiger partial charge in [0.25, 0.3) is 0 Å². The highest BCUT2D eigenvalue weighted by Gasteiger charge is 2.25. The molecule has 0 bridgehead atoms. The van der Waals surface area contributed by atoms with E-state index < -0.39 is 0 Å². The number of nitrogens with one attached hydrogen (secondary N) is 1. The van der Waals surface area contributed by atoms with Crippen LogP contribution < -0.4 is 5.32 Å². The van der Waals surface area contributed by atoms with Crippen molar-refractivity contribution < 1.29 is 4.39 Å². The molecule has 90 valence electrons. The average Bonchev–Trinajstić information content (AvgIpc) is 2.07. The van der Waals surface area contributed by atoms with E-state index in [1.54, 1.807) is 0 Å². The number of nitrogens with zero attached hydrogens (tertiary/aromatic N) is 1. The molecular weight excluding hydrogens is 227 g/mol. The minimum absolute atomic E-state index is 0.135. The summed E-state index contributed by atoms with van der Waals surface area (Å²) in [5.41, 5.74) is 0.171. The highest BCUT2D eigenvalue weighted by Crippen LogP contribution is 2.33. The van der Waals surface area contributed by atoms with Crippen LogP contribution in [0.3, 0.4) is 0 Å². The Morgan fingerprint density at radius 3 is 2.38 bits per heavy atom. The van der Waals surface area contributed by atoms with Gasteiger partial charge < -0.3 is 5.32 Å². The number of hydrogen-bond acceptors (Lipinski definition) is 2. The summed E-state index contributed by atoms with van der Waals surface area (Å²) in [4.78, 5) is 3.97. The number of halogens is 2. The molecule has 16 heavy (non-hydrogen) atoms. The summed E-state index contributed by atoms with van der Waals surface area (Å²) < 4.78 is 14.2. The number of aromatic nitrogens is 1. The summed E-state index contributed by atoms with van der Waals surface area (Å²) >= 11 is 5.99. The molecule has 0 saturated carbocycles. The predicted molar refractivity (Wildman–Crippen MR) is 66.7 cm³/mol. The van der Waals surface area contributed by atoms with Crippen molar-refractivity contribution in [3.8, 4) is 0 Å². The molecule has 0 unspecified atom stereocenters. The standard InChI is InChI=1S/C12H18ClFN2/c1-7(2)16-11-10(14)9(12(3,4)5)8(13)6-15-11/h6-7H,1-5H3,(H,15,16). The van der Waals surface area contributed by atoms with E-state index in [-0.39, 0.29) is 23.1 Å². The van der Waals surface area contributed by atoms with Crippen molar-refractivity contribution in [3.63, 3.8) is 0 Å². The minimum atomic E-state index is -0.353. The van der Waals surface area contributed by atoms with Crippen molar-refractivity contribution in [2.75, 3.05) is 5.32 Å². The fourth-order valence-corrected chi connectivity index (χ4v) is 1.94. The number of anilines is 1. The van der Waals surface area contributed by atoms with Crippen LogP contribution >= 0.6 is 11.6 Å². The second kappa shape index (κ2) is 4.58. The first-order chi connectivity index (χ1) is 7.23. The van der Waals surface area contributed by atoms with E-state index in [2.05, 4.69) is 10.3 Å². The van der Waals surface area contributed by atoms with E-state index in [0.29, 0.717) is 10.6 Å². The van der Waals surface area contributed by atoms with Gasteiger partial charge in [-0.3, -0.25) is 0 Å². The maximum Gasteiger partial charge on any atom is 0.170 e. The summed E-state index contributed by atoms with van der Waals surface area (Å²) in [6, 6.07) is 0.135. The SMILES string of the molecule is CC(C)Nc1ncc(Cl)c(C(C)(C)C)c1F. The summed E-state index contributed by atoms with van der Waals surface area (Å²) in [7, 11) is 0. The first-order valence-corrected chi connectivity index (χ1v) is 5.72. The molecule has 0 atom stereocenters. The number of hydrogen-bond donors (Lipinski definition) is 1. The van der Waals surface area contributed by atoms with Gasteiger partial charge in [-0.05, 0) is 19.3 Å². The summed E-state index contributed by atoms with van der Waals surface area (Å²) in [6.45, 7) is 9.66. The third kappa shape index (κ3) is 2.85. The third-order valence-electron chi connectivity index (χ3n) is 2.15. The second-order valence-corrected chi connectivity index (χ2v) is 5.60. The molecule has 0 aliphatic rings. The van der Waals surface area contributed by atoms with Crippen LogP contribution in [0.4, 0.5) is 10.2 Å². The van der Waals surface area contributed by atoms with Crippen molar-refractivity contribution in [3.05, 3.63) is 22.6 Å². The van der Waals surface area contributed by atoms with Crippen LogP contribution in [0, 0.1) is 5.82 Å². The van der Waals surface area contributed by atoms with Gasteiger partial charge >= 0.3 is 0 Å². The van der Waals surface area contributed by atoms with Gasteiger partial charge in [0.15, 0.2) is 11.6 Å². The molecular formula is C12H18ClFN2. The molecule has 2 nitrogen and oxygen atoms in total. The molecule has 1 aromatic rings. The highest BCUT2D eigenvalue weighted by molar-refractivity contribution is 6.31. The molecule has 0 amide bonds. The molecule has 1 aromatic heterocycles. The van der Waals surface area contributed by atoms with Gasteiger partial charge in [-0.15, -0.1) is 0 Å². The van der Waals surface area contributed by atoms with Gasteiger partial charge in [-0.2, -0.15) is 0 Å². The summed E-state index contributed by atoms with van der Waals surface area (Å²) in [5.74, 6) is -0.0852. The van der Waals surface area contributed by atoms with E-state index in [4.69, 9.17) is 11.6 Å². The minimum Gasteiger partial charge on any atom is -0.365 e. The molecule has 0 fully saturated rings. The number of rotatable bonds is 2. The lowest BCUT2D eigenvalue weighted by atomic mass is 9.87. The van der Waals surface area contributed by atoms with Gasteiger partial charge in [0.2, 0.25) is 0 Å². The van der Waals surface area contributed by atoms with Crippen molar-refractivity contribution in [2.45, 2.75) is 46.1 Å². The van der Waals surface area contributed by atoms with Gasteiger partial charge in [0, 0.05) is 17.8 Å². The Morgan fingerprint density at radius 2 is 1.94 bits per heavy atom. The lowest BCUT2D eigenvalue weighted by Gasteiger charge is -2.23. The van der Waals surface area contributed by atoms with Crippen molar-refractivity contribution in [1.82, 2.24) is 4.98 Å². The van der Waals surface area contributed by atoms with Crippen LogP contribution in [0.5, 0.6) is 0 Å². The second-order valence-electron chi connectivity index (χ2n) is 5.19. The van der Waals surface area contributed by atoms with Gasteiger partial charge in [0.05, 0.1) is 5.02 Å². The molecule has 1 rings (SSSR count). The monoisotopic (exact) mass is 244 g/mol. The van der Waals surface area contributed by atoms with E-state index in [0.717, 1.165) is 0 Å². The molecule has 4 heteroatoms. The Labute approximate surface area is 101 Å². The van der Waals surface area contributed by atoms with E-state index in [1.807, 2.05) is 34.6 Å². The fraction of sp³-hybridized carbons (Fsp3) is 0.583. The Balaban J connectivity index is 3.28. The van der Waals surface area contributed by atoms with Crippen LogP contribution in [0.1, 0.15) is 40.2 Å². The molecule has 0 aromatic carbocycles. The first-order valence-electron chi connectivity index (χ1n) is 5.34. The van der Waals surface area contributed by atoms with Gasteiger partial charge in [-0.1, -0.05) is 32.4 Å².